The van der Waals surface area contributed by atoms with E-state index in [1.165, 1.54) is 43.5 Å². The van der Waals surface area contributed by atoms with Gasteiger partial charge in [-0.3, -0.25) is 9.59 Å². The van der Waals surface area contributed by atoms with Crippen molar-refractivity contribution in [1.29, 1.82) is 0 Å². The second kappa shape index (κ2) is 5.57. The van der Waals surface area contributed by atoms with Crippen LogP contribution in [0.3, 0.4) is 0 Å². The molecule has 0 saturated heterocycles. The molecule has 5 heteroatoms. The van der Waals surface area contributed by atoms with Crippen molar-refractivity contribution >= 4 is 11.8 Å². The van der Waals surface area contributed by atoms with Gasteiger partial charge in [-0.15, -0.1) is 0 Å². The molecule has 4 fully saturated rings. The highest BCUT2D eigenvalue weighted by Gasteiger charge is 2.56. The molecule has 4 bridgehead atoms. The standard InChI is InChI=1S/C19H23FN2O2/c20-15-3-1-14(2-4-15)18(24)22-16(17(21)23)19-8-11-5-12(9-19)7-13(6-11)10-19/h1-4,11-13,16H,5-10H2,(H2,21,23)(H,22,24). The predicted molar refractivity (Wildman–Crippen MR) is 87.5 cm³/mol. The van der Waals surface area contributed by atoms with E-state index in [-0.39, 0.29) is 17.1 Å². The van der Waals surface area contributed by atoms with Crippen molar-refractivity contribution in [3.05, 3.63) is 35.6 Å². The first-order valence-electron chi connectivity index (χ1n) is 8.81. The Balaban J connectivity index is 1.57. The van der Waals surface area contributed by atoms with Crippen LogP contribution in [0.25, 0.3) is 0 Å². The lowest BCUT2D eigenvalue weighted by molar-refractivity contribution is -0.131. The summed E-state index contributed by atoms with van der Waals surface area (Å²) in [5, 5.41) is 2.87. The lowest BCUT2D eigenvalue weighted by Crippen LogP contribution is -2.61. The summed E-state index contributed by atoms with van der Waals surface area (Å²) in [6.45, 7) is 0. The van der Waals surface area contributed by atoms with Crippen molar-refractivity contribution < 1.29 is 14.0 Å². The molecule has 4 nitrogen and oxygen atoms in total. The average molecular weight is 330 g/mol. The summed E-state index contributed by atoms with van der Waals surface area (Å²) in [5.41, 5.74) is 5.86. The van der Waals surface area contributed by atoms with Crippen LogP contribution in [-0.2, 0) is 4.79 Å². The first-order valence-corrected chi connectivity index (χ1v) is 8.81. The van der Waals surface area contributed by atoms with Crippen LogP contribution >= 0.6 is 0 Å². The Morgan fingerprint density at radius 2 is 1.54 bits per heavy atom. The van der Waals surface area contributed by atoms with Gasteiger partial charge in [0.25, 0.3) is 5.91 Å². The van der Waals surface area contributed by atoms with Gasteiger partial charge in [0.1, 0.15) is 11.9 Å². The fourth-order valence-electron chi connectivity index (χ4n) is 5.87. The van der Waals surface area contributed by atoms with Gasteiger partial charge in [0.2, 0.25) is 5.91 Å². The van der Waals surface area contributed by atoms with Crippen molar-refractivity contribution in [3.63, 3.8) is 0 Å². The minimum Gasteiger partial charge on any atom is -0.368 e. The van der Waals surface area contributed by atoms with E-state index >= 15 is 0 Å². The molecule has 1 aromatic carbocycles. The molecule has 3 N–H and O–H groups in total. The lowest BCUT2D eigenvalue weighted by Gasteiger charge is -2.58. The number of nitrogens with one attached hydrogen (secondary N) is 1. The van der Waals surface area contributed by atoms with Crippen LogP contribution in [0.15, 0.2) is 24.3 Å². The molecule has 0 heterocycles. The summed E-state index contributed by atoms with van der Waals surface area (Å²) in [7, 11) is 0. The number of halogens is 1. The Morgan fingerprint density at radius 3 is 2.00 bits per heavy atom. The SMILES string of the molecule is NC(=O)C(NC(=O)c1ccc(F)cc1)C12CC3CC(CC(C3)C1)C2. The quantitative estimate of drug-likeness (QED) is 0.891. The summed E-state index contributed by atoms with van der Waals surface area (Å²) in [6.07, 6.45) is 6.73. The van der Waals surface area contributed by atoms with Crippen molar-refractivity contribution in [1.82, 2.24) is 5.32 Å². The van der Waals surface area contributed by atoms with Gasteiger partial charge in [-0.1, -0.05) is 0 Å². The van der Waals surface area contributed by atoms with E-state index in [1.807, 2.05) is 0 Å². The van der Waals surface area contributed by atoms with Gasteiger partial charge < -0.3 is 11.1 Å². The number of nitrogens with two attached hydrogens (primary N) is 1. The number of carbonyl (C=O) groups is 2. The van der Waals surface area contributed by atoms with Crippen LogP contribution < -0.4 is 11.1 Å². The second-order valence-corrected chi connectivity index (χ2v) is 8.10. The maximum absolute atomic E-state index is 13.0. The number of amides is 2. The summed E-state index contributed by atoms with van der Waals surface area (Å²) < 4.78 is 13.0. The molecule has 4 aliphatic rings. The summed E-state index contributed by atoms with van der Waals surface area (Å²) in [5.74, 6) is 0.809. The number of primary amides is 1. The van der Waals surface area contributed by atoms with Crippen molar-refractivity contribution in [2.75, 3.05) is 0 Å². The Morgan fingerprint density at radius 1 is 1.04 bits per heavy atom. The Kier molecular flexibility index (Phi) is 3.62. The third kappa shape index (κ3) is 2.60. The van der Waals surface area contributed by atoms with Gasteiger partial charge in [-0.05, 0) is 80.5 Å². The zero-order valence-corrected chi connectivity index (χ0v) is 13.6. The first kappa shape index (κ1) is 15.6. The molecule has 128 valence electrons. The van der Waals surface area contributed by atoms with Gasteiger partial charge >= 0.3 is 0 Å². The third-order valence-corrected chi connectivity index (χ3v) is 6.36. The lowest BCUT2D eigenvalue weighted by atomic mass is 9.47. The average Bonchev–Trinajstić information content (AvgIpc) is 2.51. The van der Waals surface area contributed by atoms with Crippen LogP contribution in [-0.4, -0.2) is 17.9 Å². The molecular formula is C19H23FN2O2. The summed E-state index contributed by atoms with van der Waals surface area (Å²) in [6, 6.07) is 4.73. The van der Waals surface area contributed by atoms with E-state index in [1.54, 1.807) is 0 Å². The number of benzene rings is 1. The number of hydrogen-bond acceptors (Lipinski definition) is 2. The number of rotatable bonds is 4. The van der Waals surface area contributed by atoms with Gasteiger partial charge in [-0.2, -0.15) is 0 Å². The van der Waals surface area contributed by atoms with Gasteiger partial charge in [0.15, 0.2) is 0 Å². The second-order valence-electron chi connectivity index (χ2n) is 8.10. The van der Waals surface area contributed by atoms with Crippen LogP contribution in [0, 0.1) is 29.0 Å². The molecule has 5 rings (SSSR count). The molecule has 2 amide bonds. The number of hydrogen-bond donors (Lipinski definition) is 2. The molecule has 24 heavy (non-hydrogen) atoms. The molecule has 4 saturated carbocycles. The largest absolute Gasteiger partial charge is 0.368 e. The van der Waals surface area contributed by atoms with Gasteiger partial charge in [0, 0.05) is 11.0 Å². The molecule has 0 aromatic heterocycles. The third-order valence-electron chi connectivity index (χ3n) is 6.36. The molecule has 0 spiro atoms. The van der Waals surface area contributed by atoms with E-state index in [9.17, 15) is 14.0 Å². The molecular weight excluding hydrogens is 307 g/mol. The molecule has 1 unspecified atom stereocenters. The minimum atomic E-state index is -0.636. The van der Waals surface area contributed by atoms with Crippen LogP contribution in [0.5, 0.6) is 0 Å². The zero-order chi connectivity index (χ0) is 16.9. The predicted octanol–water partition coefficient (Wildman–Crippen LogP) is 2.63. The Bertz CT molecular complexity index is 635. The maximum Gasteiger partial charge on any atom is 0.251 e. The highest BCUT2D eigenvalue weighted by molar-refractivity contribution is 5.97. The Labute approximate surface area is 141 Å². The maximum atomic E-state index is 13.0. The molecule has 0 radical (unpaired) electrons. The fraction of sp³-hybridized carbons (Fsp3) is 0.579. The van der Waals surface area contributed by atoms with Gasteiger partial charge in [0.05, 0.1) is 0 Å². The molecule has 4 aliphatic carbocycles. The van der Waals surface area contributed by atoms with E-state index in [4.69, 9.17) is 5.73 Å². The molecule has 0 aliphatic heterocycles. The molecule has 1 aromatic rings. The monoisotopic (exact) mass is 330 g/mol. The Hall–Kier alpha value is -1.91. The van der Waals surface area contributed by atoms with E-state index in [0.29, 0.717) is 23.3 Å². The van der Waals surface area contributed by atoms with E-state index < -0.39 is 11.9 Å². The smallest absolute Gasteiger partial charge is 0.251 e. The summed E-state index contributed by atoms with van der Waals surface area (Å²) in [4.78, 5) is 24.7. The van der Waals surface area contributed by atoms with Crippen molar-refractivity contribution in [2.24, 2.45) is 28.9 Å². The highest BCUT2D eigenvalue weighted by Crippen LogP contribution is 2.61. The van der Waals surface area contributed by atoms with E-state index in [2.05, 4.69) is 5.32 Å². The summed E-state index contributed by atoms with van der Waals surface area (Å²) >= 11 is 0. The highest BCUT2D eigenvalue weighted by atomic mass is 19.1. The van der Waals surface area contributed by atoms with Crippen LogP contribution in [0.2, 0.25) is 0 Å². The van der Waals surface area contributed by atoms with Crippen LogP contribution in [0.4, 0.5) is 4.39 Å². The normalized spacial score (nSPS) is 34.8. The first-order chi connectivity index (χ1) is 11.4. The van der Waals surface area contributed by atoms with Gasteiger partial charge in [-0.25, -0.2) is 4.39 Å². The van der Waals surface area contributed by atoms with Crippen LogP contribution in [0.1, 0.15) is 48.9 Å². The number of carbonyl (C=O) groups excluding carboxylic acids is 2. The molecule has 1 atom stereocenters. The van der Waals surface area contributed by atoms with Crippen molar-refractivity contribution in [2.45, 2.75) is 44.6 Å². The topological polar surface area (TPSA) is 72.2 Å². The van der Waals surface area contributed by atoms with Crippen molar-refractivity contribution in [3.8, 4) is 0 Å². The minimum absolute atomic E-state index is 0.184. The van der Waals surface area contributed by atoms with E-state index in [0.717, 1.165) is 19.3 Å². The zero-order valence-electron chi connectivity index (χ0n) is 13.6. The fourth-order valence-corrected chi connectivity index (χ4v) is 5.87.